The van der Waals surface area contributed by atoms with Crippen LogP contribution in [0.3, 0.4) is 0 Å². The number of nitrogens with zero attached hydrogens (tertiary/aromatic N) is 5. The smallest absolute Gasteiger partial charge is 0.310 e. The second-order valence-electron chi connectivity index (χ2n) is 19.7. The second-order valence-corrected chi connectivity index (χ2v) is 19.7. The predicted octanol–water partition coefficient (Wildman–Crippen LogP) is 19.7. The molecule has 0 amide bonds. The van der Waals surface area contributed by atoms with E-state index in [1.807, 2.05) is 143 Å². The summed E-state index contributed by atoms with van der Waals surface area (Å²) in [6, 6.07) is 78.6. The van der Waals surface area contributed by atoms with Crippen molar-refractivity contribution >= 4 is 82.5 Å². The number of fused-ring (bicyclic) bond motifs is 9. The first kappa shape index (κ1) is 48.1. The minimum atomic E-state index is -4.67. The van der Waals surface area contributed by atoms with Crippen LogP contribution in [-0.4, -0.2) is 13.7 Å². The third-order valence-corrected chi connectivity index (χ3v) is 15.3. The Morgan fingerprint density at radius 2 is 0.637 bits per heavy atom. The zero-order valence-corrected chi connectivity index (χ0v) is 42.2. The van der Waals surface area contributed by atoms with Crippen molar-refractivity contribution in [2.24, 2.45) is 0 Å². The van der Waals surface area contributed by atoms with E-state index in [0.29, 0.717) is 82.9 Å². The molecular weight excluding hydrogens is 1010 g/mol. The number of hydrogen-bond donors (Lipinski definition) is 0. The molecule has 0 fully saturated rings. The molecule has 14 rings (SSSR count). The van der Waals surface area contributed by atoms with E-state index in [1.54, 1.807) is 24.3 Å². The van der Waals surface area contributed by atoms with Crippen LogP contribution >= 0.6 is 0 Å². The zero-order valence-electron chi connectivity index (χ0n) is 42.2. The third kappa shape index (κ3) is 7.55. The van der Waals surface area contributed by atoms with Crippen molar-refractivity contribution < 1.29 is 26.3 Å². The minimum absolute atomic E-state index is 0.126. The van der Waals surface area contributed by atoms with Gasteiger partial charge in [0.1, 0.15) is 11.6 Å². The minimum Gasteiger partial charge on any atom is -0.310 e. The molecule has 0 radical (unpaired) electrons. The van der Waals surface area contributed by atoms with Crippen LogP contribution in [0.1, 0.15) is 16.7 Å². The molecule has 0 aliphatic carbocycles. The summed E-state index contributed by atoms with van der Waals surface area (Å²) in [7, 11) is 0. The van der Waals surface area contributed by atoms with Gasteiger partial charge in [-0.1, -0.05) is 152 Å². The molecule has 3 aromatic heterocycles. The number of halogens is 6. The summed E-state index contributed by atoms with van der Waals surface area (Å²) in [5.41, 5.74) is 8.58. The molecule has 14 aromatic rings. The maximum absolute atomic E-state index is 14.8. The van der Waals surface area contributed by atoms with Gasteiger partial charge in [-0.2, -0.15) is 31.6 Å². The van der Waals surface area contributed by atoms with Gasteiger partial charge in [-0.15, -0.1) is 0 Å². The Morgan fingerprint density at radius 3 is 1.02 bits per heavy atom. The normalized spacial score (nSPS) is 12.1. The van der Waals surface area contributed by atoms with Crippen molar-refractivity contribution in [2.45, 2.75) is 12.4 Å². The van der Waals surface area contributed by atoms with Crippen LogP contribution in [-0.2, 0) is 12.4 Å². The molecule has 11 heteroatoms. The van der Waals surface area contributed by atoms with Crippen LogP contribution in [0.4, 0.5) is 43.4 Å². The monoisotopic (exact) mass is 1050 g/mol. The van der Waals surface area contributed by atoms with Crippen LogP contribution in [0.2, 0.25) is 0 Å². The Kier molecular flexibility index (Phi) is 11.1. The van der Waals surface area contributed by atoms with Crippen LogP contribution < -0.4 is 4.90 Å². The first-order chi connectivity index (χ1) is 39.0. The lowest BCUT2D eigenvalue weighted by Crippen LogP contribution is -2.13. The third-order valence-electron chi connectivity index (χ3n) is 15.3. The van der Waals surface area contributed by atoms with Crippen molar-refractivity contribution in [2.75, 3.05) is 4.90 Å². The van der Waals surface area contributed by atoms with Gasteiger partial charge in [-0.25, -0.2) is 0 Å². The van der Waals surface area contributed by atoms with Crippen molar-refractivity contribution in [3.8, 4) is 45.4 Å². The lowest BCUT2D eigenvalue weighted by Gasteiger charge is -2.29. The van der Waals surface area contributed by atoms with Crippen LogP contribution in [0, 0.1) is 11.3 Å². The molecule has 384 valence electrons. The molecule has 11 aromatic carbocycles. The standard InChI is InChI=1S/C69H41F6N5/c70-68(71,72)45-33-36-60-53(39-45)50-27-13-16-30-57(50)78(60)65-56(42-76)66(79-58-31-17-14-28-51(58)54-40-46(69(73,74)75)34-37-61(54)79)64(44-21-7-2-8-22-44)67(63(65)43-19-5-1-6-20-43)80-59-32-18-15-29-52(59)55-41-49(35-38-62(55)80)77(47-23-9-3-10-24-47)48-25-11-4-12-26-48/h1-41H. The summed E-state index contributed by atoms with van der Waals surface area (Å²) >= 11 is 0. The lowest BCUT2D eigenvalue weighted by atomic mass is 9.88. The fraction of sp³-hybridized carbons (Fsp3) is 0.0290. The Labute approximate surface area is 453 Å². The molecule has 0 aliphatic heterocycles. The van der Waals surface area contributed by atoms with Gasteiger partial charge in [0, 0.05) is 60.5 Å². The van der Waals surface area contributed by atoms with Gasteiger partial charge >= 0.3 is 12.4 Å². The number of hydrogen-bond acceptors (Lipinski definition) is 2. The fourth-order valence-corrected chi connectivity index (χ4v) is 12.0. The highest BCUT2D eigenvalue weighted by Gasteiger charge is 2.36. The van der Waals surface area contributed by atoms with Crippen molar-refractivity contribution in [3.05, 3.63) is 265 Å². The molecule has 0 saturated heterocycles. The van der Waals surface area contributed by atoms with Gasteiger partial charge in [0.05, 0.1) is 61.3 Å². The summed E-state index contributed by atoms with van der Waals surface area (Å²) in [6.45, 7) is 0. The predicted molar refractivity (Wildman–Crippen MR) is 310 cm³/mol. The van der Waals surface area contributed by atoms with Gasteiger partial charge in [0.2, 0.25) is 0 Å². The average molecular weight is 1050 g/mol. The molecule has 0 saturated carbocycles. The highest BCUT2D eigenvalue weighted by molar-refractivity contribution is 6.17. The van der Waals surface area contributed by atoms with E-state index < -0.39 is 23.5 Å². The molecule has 0 atom stereocenters. The first-order valence-corrected chi connectivity index (χ1v) is 25.9. The first-order valence-electron chi connectivity index (χ1n) is 25.9. The van der Waals surface area contributed by atoms with E-state index >= 15 is 0 Å². The van der Waals surface area contributed by atoms with Crippen LogP contribution in [0.15, 0.2) is 249 Å². The van der Waals surface area contributed by atoms with E-state index in [4.69, 9.17) is 0 Å². The van der Waals surface area contributed by atoms with Gasteiger partial charge in [0.15, 0.2) is 0 Å². The number of anilines is 3. The van der Waals surface area contributed by atoms with Crippen LogP contribution in [0.5, 0.6) is 0 Å². The quantitative estimate of drug-likeness (QED) is 0.142. The highest BCUT2D eigenvalue weighted by atomic mass is 19.4. The Morgan fingerprint density at radius 1 is 0.312 bits per heavy atom. The molecule has 0 aliphatic rings. The van der Waals surface area contributed by atoms with E-state index in [0.717, 1.165) is 63.1 Å². The van der Waals surface area contributed by atoms with Gasteiger partial charge in [-0.3, -0.25) is 0 Å². The summed E-state index contributed by atoms with van der Waals surface area (Å²) in [5, 5.41) is 15.9. The van der Waals surface area contributed by atoms with E-state index in [2.05, 4.69) is 70.1 Å². The SMILES string of the molecule is N#Cc1c(-n2c3ccccc3c3cc(C(F)(F)F)ccc32)c(-c2ccccc2)c(-n2c3ccccc3c3cc(N(c4ccccc4)c4ccccc4)ccc32)c(-c2ccccc2)c1-n1c2ccccc2c2cc(C(F)(F)F)ccc21. The van der Waals surface area contributed by atoms with Gasteiger partial charge < -0.3 is 18.6 Å². The number of aromatic nitrogens is 3. The topological polar surface area (TPSA) is 41.8 Å². The Bertz CT molecular complexity index is 4560. The summed E-state index contributed by atoms with van der Waals surface area (Å²) < 4.78 is 94.8. The van der Waals surface area contributed by atoms with E-state index in [1.165, 1.54) is 12.1 Å². The molecular formula is C69H41F6N5. The fourth-order valence-electron chi connectivity index (χ4n) is 12.0. The van der Waals surface area contributed by atoms with Crippen molar-refractivity contribution in [1.82, 2.24) is 13.7 Å². The van der Waals surface area contributed by atoms with Crippen molar-refractivity contribution in [3.63, 3.8) is 0 Å². The number of rotatable bonds is 8. The van der Waals surface area contributed by atoms with Crippen LogP contribution in [0.25, 0.3) is 105 Å². The molecule has 0 unspecified atom stereocenters. The largest absolute Gasteiger partial charge is 0.416 e. The van der Waals surface area contributed by atoms with Gasteiger partial charge in [-0.05, 0) is 108 Å². The molecule has 0 spiro atoms. The second kappa shape index (κ2) is 18.4. The molecule has 80 heavy (non-hydrogen) atoms. The van der Waals surface area contributed by atoms with Crippen molar-refractivity contribution in [1.29, 1.82) is 5.26 Å². The summed E-state index contributed by atoms with van der Waals surface area (Å²) in [4.78, 5) is 2.20. The number of nitriles is 1. The lowest BCUT2D eigenvalue weighted by molar-refractivity contribution is -0.138. The summed E-state index contributed by atoms with van der Waals surface area (Å²) in [5.74, 6) is 0. The number of benzene rings is 11. The average Bonchev–Trinajstić information content (AvgIpc) is 4.28. The van der Waals surface area contributed by atoms with E-state index in [9.17, 15) is 31.6 Å². The highest BCUT2D eigenvalue weighted by Crippen LogP contribution is 2.53. The maximum atomic E-state index is 14.8. The Hall–Kier alpha value is -10.3. The Balaban J connectivity index is 1.24. The molecule has 5 nitrogen and oxygen atoms in total. The number of para-hydroxylation sites is 5. The summed E-state index contributed by atoms with van der Waals surface area (Å²) in [6.07, 6.45) is -9.33. The van der Waals surface area contributed by atoms with E-state index in [-0.39, 0.29) is 5.56 Å². The number of alkyl halides is 6. The van der Waals surface area contributed by atoms with Gasteiger partial charge in [0.25, 0.3) is 0 Å². The zero-order chi connectivity index (χ0) is 54.4. The molecule has 3 heterocycles. The maximum Gasteiger partial charge on any atom is 0.416 e. The molecule has 0 bridgehead atoms. The molecule has 0 N–H and O–H groups in total.